The Kier molecular flexibility index (Phi) is 8.00. The molecule has 1 saturated carbocycles. The van der Waals surface area contributed by atoms with Gasteiger partial charge < -0.3 is 14.6 Å². The number of amides is 1. The van der Waals surface area contributed by atoms with Crippen molar-refractivity contribution in [1.29, 1.82) is 0 Å². The highest BCUT2D eigenvalue weighted by Gasteiger charge is 2.25. The second-order valence-corrected chi connectivity index (χ2v) is 10.3. The van der Waals surface area contributed by atoms with E-state index in [-0.39, 0.29) is 28.5 Å². The fourth-order valence-electron chi connectivity index (χ4n) is 4.98. The van der Waals surface area contributed by atoms with Gasteiger partial charge in [0.1, 0.15) is 0 Å². The van der Waals surface area contributed by atoms with E-state index in [0.717, 1.165) is 49.7 Å². The number of non-ortho nitro benzene ring substituents is 1. The number of nitro benzene ring substituents is 1. The topological polar surface area (TPSA) is 118 Å². The average Bonchev–Trinajstić information content (AvgIpc) is 3.42. The summed E-state index contributed by atoms with van der Waals surface area (Å²) in [7, 11) is 0. The molecule has 11 heteroatoms. The summed E-state index contributed by atoms with van der Waals surface area (Å²) < 4.78 is 5.58. The molecule has 10 nitrogen and oxygen atoms in total. The van der Waals surface area contributed by atoms with Crippen molar-refractivity contribution in [3.63, 3.8) is 0 Å². The lowest BCUT2D eigenvalue weighted by Gasteiger charge is -2.41. The number of hydrogen-bond donors (Lipinski definition) is 1. The van der Waals surface area contributed by atoms with Crippen LogP contribution in [0.1, 0.15) is 32.1 Å². The third-order valence-electron chi connectivity index (χ3n) is 6.98. The van der Waals surface area contributed by atoms with Gasteiger partial charge in [-0.1, -0.05) is 31.0 Å². The minimum absolute atomic E-state index is 0.0141. The predicted molar refractivity (Wildman–Crippen MR) is 143 cm³/mol. The second-order valence-electron chi connectivity index (χ2n) is 9.38. The molecule has 2 fully saturated rings. The maximum atomic E-state index is 12.4. The van der Waals surface area contributed by atoms with E-state index in [1.54, 1.807) is 12.1 Å². The van der Waals surface area contributed by atoms with Crippen LogP contribution in [0.5, 0.6) is 0 Å². The lowest BCUT2D eigenvalue weighted by Crippen LogP contribution is -2.50. The normalized spacial score (nSPS) is 17.0. The molecule has 5 rings (SSSR count). The maximum Gasteiger partial charge on any atom is 0.277 e. The molecule has 194 valence electrons. The monoisotopic (exact) mass is 522 g/mol. The Balaban J connectivity index is 1.07. The van der Waals surface area contributed by atoms with Crippen molar-refractivity contribution in [3.8, 4) is 11.5 Å². The van der Waals surface area contributed by atoms with Crippen molar-refractivity contribution >= 4 is 34.7 Å². The van der Waals surface area contributed by atoms with Crippen LogP contribution in [0.15, 0.2) is 58.2 Å². The van der Waals surface area contributed by atoms with Crippen molar-refractivity contribution in [2.45, 2.75) is 43.4 Å². The summed E-state index contributed by atoms with van der Waals surface area (Å²) in [5, 5.41) is 21.9. The Morgan fingerprint density at radius 1 is 1.00 bits per heavy atom. The highest BCUT2D eigenvalue weighted by Crippen LogP contribution is 2.27. The molecule has 2 aliphatic rings. The van der Waals surface area contributed by atoms with Crippen LogP contribution in [-0.2, 0) is 4.79 Å². The Bertz CT molecular complexity index is 1200. The summed E-state index contributed by atoms with van der Waals surface area (Å²) in [4.78, 5) is 27.8. The van der Waals surface area contributed by atoms with Crippen molar-refractivity contribution in [1.82, 2.24) is 15.1 Å². The fraction of sp³-hybridized carbons (Fsp3) is 0.423. The summed E-state index contributed by atoms with van der Waals surface area (Å²) in [6, 6.07) is 14.6. The highest BCUT2D eigenvalue weighted by atomic mass is 32.2. The highest BCUT2D eigenvalue weighted by molar-refractivity contribution is 7.99. The fourth-order valence-corrected chi connectivity index (χ4v) is 5.55. The molecule has 2 aromatic carbocycles. The van der Waals surface area contributed by atoms with Crippen LogP contribution in [-0.4, -0.2) is 63.9 Å². The minimum Gasteiger partial charge on any atom is -0.411 e. The quantitative estimate of drug-likeness (QED) is 0.252. The minimum atomic E-state index is -0.468. The molecule has 2 heterocycles. The number of anilines is 2. The number of rotatable bonds is 8. The summed E-state index contributed by atoms with van der Waals surface area (Å²) in [6.45, 7) is 4.29. The molecule has 1 aliphatic heterocycles. The number of nitrogens with zero attached hydrogens (tertiary/aromatic N) is 5. The van der Waals surface area contributed by atoms with E-state index in [1.807, 2.05) is 12.1 Å². The lowest BCUT2D eigenvalue weighted by molar-refractivity contribution is -0.384. The predicted octanol–water partition coefficient (Wildman–Crippen LogP) is 4.83. The van der Waals surface area contributed by atoms with Crippen molar-refractivity contribution in [2.75, 3.05) is 42.1 Å². The molecule has 1 N–H and O–H groups in total. The number of piperazine rings is 1. The SMILES string of the molecule is O=C(CSc1nnc(-c2ccc([N+](=O)[O-])cc2)o1)Nc1ccc(N2CCN(C3CCCCC3)CC2)cc1. The molecule has 0 radical (unpaired) electrons. The zero-order valence-corrected chi connectivity index (χ0v) is 21.4. The smallest absolute Gasteiger partial charge is 0.277 e. The zero-order valence-electron chi connectivity index (χ0n) is 20.5. The molecule has 0 atom stereocenters. The van der Waals surface area contributed by atoms with Gasteiger partial charge in [0.2, 0.25) is 11.8 Å². The standard InChI is InChI=1S/C26H30N6O4S/c33-24(18-37-26-29-28-25(36-26)19-6-10-23(11-7-19)32(34)35)27-20-8-12-22(13-9-20)31-16-14-30(15-17-31)21-4-2-1-3-5-21/h6-13,21H,1-5,14-18H2,(H,27,33). The van der Waals surface area contributed by atoms with Crippen LogP contribution in [0.25, 0.3) is 11.5 Å². The van der Waals surface area contributed by atoms with Crippen molar-refractivity contribution < 1.29 is 14.1 Å². The van der Waals surface area contributed by atoms with Gasteiger partial charge in [0.15, 0.2) is 0 Å². The van der Waals surface area contributed by atoms with E-state index in [4.69, 9.17) is 4.42 Å². The van der Waals surface area contributed by atoms with Crippen LogP contribution >= 0.6 is 11.8 Å². The van der Waals surface area contributed by atoms with Crippen molar-refractivity contribution in [3.05, 3.63) is 58.6 Å². The number of benzene rings is 2. The van der Waals surface area contributed by atoms with Gasteiger partial charge in [-0.2, -0.15) is 0 Å². The average molecular weight is 523 g/mol. The van der Waals surface area contributed by atoms with Crippen LogP contribution in [0.4, 0.5) is 17.1 Å². The first-order valence-corrected chi connectivity index (χ1v) is 13.6. The summed E-state index contributed by atoms with van der Waals surface area (Å²) in [6.07, 6.45) is 6.82. The first-order valence-electron chi connectivity index (χ1n) is 12.7. The van der Waals surface area contributed by atoms with Gasteiger partial charge in [0.25, 0.3) is 10.9 Å². The second kappa shape index (κ2) is 11.7. The van der Waals surface area contributed by atoms with E-state index in [2.05, 4.69) is 37.4 Å². The summed E-state index contributed by atoms with van der Waals surface area (Å²) in [5.41, 5.74) is 2.48. The Hall–Kier alpha value is -3.44. The van der Waals surface area contributed by atoms with E-state index in [0.29, 0.717) is 5.56 Å². The maximum absolute atomic E-state index is 12.4. The molecule has 37 heavy (non-hydrogen) atoms. The Morgan fingerprint density at radius 3 is 2.38 bits per heavy atom. The molecule has 1 aliphatic carbocycles. The summed E-state index contributed by atoms with van der Waals surface area (Å²) >= 11 is 1.14. The van der Waals surface area contributed by atoms with E-state index in [9.17, 15) is 14.9 Å². The first kappa shape index (κ1) is 25.2. The molecule has 1 amide bonds. The number of aromatic nitrogens is 2. The number of carbonyl (C=O) groups excluding carboxylic acids is 1. The van der Waals surface area contributed by atoms with Gasteiger partial charge in [-0.25, -0.2) is 0 Å². The molecular weight excluding hydrogens is 492 g/mol. The lowest BCUT2D eigenvalue weighted by atomic mass is 9.94. The number of hydrogen-bond acceptors (Lipinski definition) is 9. The molecule has 0 unspecified atom stereocenters. The molecule has 1 saturated heterocycles. The van der Waals surface area contributed by atoms with E-state index >= 15 is 0 Å². The molecular formula is C26H30N6O4S. The molecule has 3 aromatic rings. The van der Waals surface area contributed by atoms with Gasteiger partial charge in [0, 0.05) is 61.3 Å². The number of thioether (sulfide) groups is 1. The Labute approximate surface area is 219 Å². The largest absolute Gasteiger partial charge is 0.411 e. The van der Waals surface area contributed by atoms with Gasteiger partial charge in [-0.05, 0) is 49.2 Å². The van der Waals surface area contributed by atoms with Crippen LogP contribution in [0.3, 0.4) is 0 Å². The third-order valence-corrected chi connectivity index (χ3v) is 7.80. The van der Waals surface area contributed by atoms with Crippen LogP contribution in [0, 0.1) is 10.1 Å². The summed E-state index contributed by atoms with van der Waals surface area (Å²) in [5.74, 6) is 0.189. The van der Waals surface area contributed by atoms with E-state index in [1.165, 1.54) is 49.9 Å². The molecule has 0 spiro atoms. The van der Waals surface area contributed by atoms with Gasteiger partial charge in [0.05, 0.1) is 10.7 Å². The third kappa shape index (κ3) is 6.47. The van der Waals surface area contributed by atoms with E-state index < -0.39 is 4.92 Å². The van der Waals surface area contributed by atoms with Gasteiger partial charge in [-0.3, -0.25) is 19.8 Å². The number of nitrogens with one attached hydrogen (secondary N) is 1. The Morgan fingerprint density at radius 2 is 1.70 bits per heavy atom. The van der Waals surface area contributed by atoms with Gasteiger partial charge >= 0.3 is 0 Å². The number of nitro groups is 1. The van der Waals surface area contributed by atoms with Crippen LogP contribution in [0.2, 0.25) is 0 Å². The van der Waals surface area contributed by atoms with Gasteiger partial charge in [-0.15, -0.1) is 10.2 Å². The van der Waals surface area contributed by atoms with Crippen molar-refractivity contribution in [2.24, 2.45) is 0 Å². The molecule has 1 aromatic heterocycles. The first-order chi connectivity index (χ1) is 18.0. The number of carbonyl (C=O) groups is 1. The van der Waals surface area contributed by atoms with Crippen LogP contribution < -0.4 is 10.2 Å². The zero-order chi connectivity index (χ0) is 25.6. The molecule has 0 bridgehead atoms.